The van der Waals surface area contributed by atoms with E-state index >= 15 is 0 Å². The molecule has 0 amide bonds. The molecule has 0 saturated carbocycles. The van der Waals surface area contributed by atoms with Gasteiger partial charge in [0.05, 0.1) is 5.92 Å². The molecule has 0 radical (unpaired) electrons. The zero-order chi connectivity index (χ0) is 17.3. The van der Waals surface area contributed by atoms with Gasteiger partial charge >= 0.3 is 5.97 Å². The van der Waals surface area contributed by atoms with E-state index in [0.717, 1.165) is 12.2 Å². The number of cyclic esters (lactones) is 1. The highest BCUT2D eigenvalue weighted by Gasteiger charge is 2.49. The summed E-state index contributed by atoms with van der Waals surface area (Å²) in [7, 11) is 0. The largest absolute Gasteiger partial charge is 0.461 e. The van der Waals surface area contributed by atoms with Crippen molar-refractivity contribution in [3.63, 3.8) is 0 Å². The van der Waals surface area contributed by atoms with Crippen LogP contribution in [0, 0.1) is 22.7 Å². The highest BCUT2D eigenvalue weighted by Crippen LogP contribution is 2.45. The van der Waals surface area contributed by atoms with E-state index in [4.69, 9.17) is 4.74 Å². The number of hydrogen-bond donors (Lipinski definition) is 0. The summed E-state index contributed by atoms with van der Waals surface area (Å²) >= 11 is 1.84. The maximum absolute atomic E-state index is 12.5. The summed E-state index contributed by atoms with van der Waals surface area (Å²) in [6.45, 7) is 13.1. The second kappa shape index (κ2) is 6.88. The summed E-state index contributed by atoms with van der Waals surface area (Å²) in [6, 6.07) is 10.4. The lowest BCUT2D eigenvalue weighted by Gasteiger charge is -2.32. The van der Waals surface area contributed by atoms with Gasteiger partial charge in [-0.2, -0.15) is 0 Å². The van der Waals surface area contributed by atoms with E-state index in [0.29, 0.717) is 0 Å². The molecule has 128 valence electrons. The number of carbonyl (C=O) groups excluding carboxylic acids is 1. The van der Waals surface area contributed by atoms with Crippen LogP contribution in [0.4, 0.5) is 0 Å². The van der Waals surface area contributed by atoms with Gasteiger partial charge in [-0.25, -0.2) is 0 Å². The fourth-order valence-corrected chi connectivity index (χ4v) is 4.45. The van der Waals surface area contributed by atoms with E-state index in [1.807, 2.05) is 17.8 Å². The van der Waals surface area contributed by atoms with Crippen LogP contribution in [0.1, 0.15) is 48.0 Å². The Morgan fingerprint density at radius 2 is 1.65 bits per heavy atom. The highest BCUT2D eigenvalue weighted by atomic mass is 32.2. The van der Waals surface area contributed by atoms with Crippen LogP contribution >= 0.6 is 11.8 Å². The second-order valence-electron chi connectivity index (χ2n) is 8.88. The zero-order valence-corrected chi connectivity index (χ0v) is 16.1. The molecule has 3 heteroatoms. The van der Waals surface area contributed by atoms with Crippen molar-refractivity contribution in [1.29, 1.82) is 0 Å². The number of ether oxygens (including phenoxy) is 1. The molecule has 1 fully saturated rings. The average Bonchev–Trinajstić information content (AvgIpc) is 2.73. The van der Waals surface area contributed by atoms with Crippen LogP contribution in [0.3, 0.4) is 0 Å². The van der Waals surface area contributed by atoms with E-state index in [1.54, 1.807) is 0 Å². The van der Waals surface area contributed by atoms with Gasteiger partial charge in [-0.05, 0) is 29.4 Å². The minimum atomic E-state index is -0.0236. The highest BCUT2D eigenvalue weighted by molar-refractivity contribution is 7.99. The van der Waals surface area contributed by atoms with Crippen molar-refractivity contribution in [1.82, 2.24) is 0 Å². The lowest BCUT2D eigenvalue weighted by Crippen LogP contribution is -2.35. The summed E-state index contributed by atoms with van der Waals surface area (Å²) in [5.74, 6) is 1.21. The van der Waals surface area contributed by atoms with E-state index in [1.165, 1.54) is 4.90 Å². The first-order valence-electron chi connectivity index (χ1n) is 8.46. The standard InChI is InChI=1S/C20H30O2S/c1-19(2,3)12-15-16(13-23-14-10-8-7-9-11-14)17(20(4,5)6)22-18(15)21/h7-11,15-17H,12-13H2,1-6H3/t15-,16-,17-/m0/s1. The van der Waals surface area contributed by atoms with Crippen LogP contribution in [0.25, 0.3) is 0 Å². The molecule has 0 aromatic heterocycles. The van der Waals surface area contributed by atoms with E-state index in [2.05, 4.69) is 65.8 Å². The van der Waals surface area contributed by atoms with Gasteiger partial charge in [0.15, 0.2) is 0 Å². The average molecular weight is 335 g/mol. The summed E-state index contributed by atoms with van der Waals surface area (Å²) in [5.41, 5.74) is 0.107. The quantitative estimate of drug-likeness (QED) is 0.543. The minimum Gasteiger partial charge on any atom is -0.461 e. The number of hydrogen-bond acceptors (Lipinski definition) is 3. The Kier molecular flexibility index (Phi) is 5.50. The topological polar surface area (TPSA) is 26.3 Å². The van der Waals surface area contributed by atoms with Crippen LogP contribution in [-0.2, 0) is 9.53 Å². The van der Waals surface area contributed by atoms with Gasteiger partial charge in [0, 0.05) is 16.6 Å². The van der Waals surface area contributed by atoms with Crippen LogP contribution in [0.15, 0.2) is 35.2 Å². The predicted molar refractivity (Wildman–Crippen MR) is 97.6 cm³/mol. The molecule has 23 heavy (non-hydrogen) atoms. The third kappa shape index (κ3) is 5.00. The fraction of sp³-hybridized carbons (Fsp3) is 0.650. The molecule has 0 unspecified atom stereocenters. The van der Waals surface area contributed by atoms with Crippen LogP contribution in [0.2, 0.25) is 0 Å². The first kappa shape index (κ1) is 18.4. The molecule has 1 aromatic rings. The van der Waals surface area contributed by atoms with Crippen LogP contribution in [-0.4, -0.2) is 17.8 Å². The lowest BCUT2D eigenvalue weighted by molar-refractivity contribution is -0.148. The number of carbonyl (C=O) groups is 1. The van der Waals surface area contributed by atoms with Gasteiger partial charge in [0.2, 0.25) is 0 Å². The Bertz CT molecular complexity index is 525. The monoisotopic (exact) mass is 334 g/mol. The molecule has 1 aliphatic rings. The molecule has 1 aromatic carbocycles. The molecular formula is C20H30O2S. The molecule has 2 nitrogen and oxygen atoms in total. The van der Waals surface area contributed by atoms with Gasteiger partial charge in [-0.3, -0.25) is 4.79 Å². The fourth-order valence-electron chi connectivity index (χ4n) is 3.31. The van der Waals surface area contributed by atoms with Crippen molar-refractivity contribution in [2.45, 2.75) is 59.0 Å². The summed E-state index contributed by atoms with van der Waals surface area (Å²) in [4.78, 5) is 13.8. The molecule has 1 aliphatic heterocycles. The Morgan fingerprint density at radius 3 is 2.17 bits per heavy atom. The SMILES string of the molecule is CC(C)(C)C[C@@H]1C(=O)O[C@H](C(C)(C)C)[C@H]1CSc1ccccc1. The lowest BCUT2D eigenvalue weighted by atomic mass is 9.74. The molecule has 0 N–H and O–H groups in total. The summed E-state index contributed by atoms with van der Waals surface area (Å²) in [5, 5.41) is 0. The van der Waals surface area contributed by atoms with E-state index in [9.17, 15) is 4.79 Å². The molecule has 0 aliphatic carbocycles. The predicted octanol–water partition coefficient (Wildman–Crippen LogP) is 5.42. The van der Waals surface area contributed by atoms with E-state index < -0.39 is 0 Å². The van der Waals surface area contributed by atoms with Crippen molar-refractivity contribution >= 4 is 17.7 Å². The number of rotatable bonds is 4. The second-order valence-corrected chi connectivity index (χ2v) is 9.98. The van der Waals surface area contributed by atoms with Gasteiger partial charge in [0.25, 0.3) is 0 Å². The van der Waals surface area contributed by atoms with Crippen molar-refractivity contribution in [3.8, 4) is 0 Å². The number of thioether (sulfide) groups is 1. The minimum absolute atomic E-state index is 0.00133. The Morgan fingerprint density at radius 1 is 1.04 bits per heavy atom. The normalized spacial score (nSPS) is 25.5. The van der Waals surface area contributed by atoms with Gasteiger partial charge in [-0.15, -0.1) is 11.8 Å². The molecule has 2 rings (SSSR count). The van der Waals surface area contributed by atoms with Gasteiger partial charge in [-0.1, -0.05) is 59.7 Å². The van der Waals surface area contributed by atoms with Crippen molar-refractivity contribution < 1.29 is 9.53 Å². The van der Waals surface area contributed by atoms with Crippen molar-refractivity contribution in [2.24, 2.45) is 22.7 Å². The Labute approximate surface area is 145 Å². The summed E-state index contributed by atoms with van der Waals surface area (Å²) < 4.78 is 5.83. The number of esters is 1. The van der Waals surface area contributed by atoms with Gasteiger partial charge < -0.3 is 4.74 Å². The Hall–Kier alpha value is -0.960. The maximum Gasteiger partial charge on any atom is 0.309 e. The van der Waals surface area contributed by atoms with Crippen molar-refractivity contribution in [3.05, 3.63) is 30.3 Å². The molecule has 1 heterocycles. The smallest absolute Gasteiger partial charge is 0.309 e. The Balaban J connectivity index is 2.17. The van der Waals surface area contributed by atoms with Crippen LogP contribution in [0.5, 0.6) is 0 Å². The molecular weight excluding hydrogens is 304 g/mol. The third-order valence-electron chi connectivity index (χ3n) is 4.32. The molecule has 1 saturated heterocycles. The first-order chi connectivity index (χ1) is 10.6. The third-order valence-corrected chi connectivity index (χ3v) is 5.48. The van der Waals surface area contributed by atoms with Gasteiger partial charge in [0.1, 0.15) is 6.10 Å². The molecule has 3 atom stereocenters. The van der Waals surface area contributed by atoms with E-state index in [-0.39, 0.29) is 34.7 Å². The van der Waals surface area contributed by atoms with Crippen LogP contribution < -0.4 is 0 Å². The zero-order valence-electron chi connectivity index (χ0n) is 15.3. The first-order valence-corrected chi connectivity index (χ1v) is 9.45. The molecule has 0 spiro atoms. The number of benzene rings is 1. The maximum atomic E-state index is 12.5. The van der Waals surface area contributed by atoms with Crippen molar-refractivity contribution in [2.75, 3.05) is 5.75 Å². The summed E-state index contributed by atoms with van der Waals surface area (Å²) in [6.07, 6.45) is 0.886. The molecule has 0 bridgehead atoms.